The Labute approximate surface area is 175 Å². The van der Waals surface area contributed by atoms with Gasteiger partial charge in [0.25, 0.3) is 5.91 Å². The van der Waals surface area contributed by atoms with Crippen LogP contribution in [-0.2, 0) is 6.42 Å². The van der Waals surface area contributed by atoms with Crippen molar-refractivity contribution in [1.29, 1.82) is 0 Å². The van der Waals surface area contributed by atoms with Gasteiger partial charge in [0.05, 0.1) is 11.4 Å². The van der Waals surface area contributed by atoms with Crippen LogP contribution in [0.5, 0.6) is 0 Å². The highest BCUT2D eigenvalue weighted by molar-refractivity contribution is 9.10. The van der Waals surface area contributed by atoms with Crippen LogP contribution in [0.2, 0.25) is 0 Å². The quantitative estimate of drug-likeness (QED) is 0.490. The fraction of sp³-hybridized carbons (Fsp3) is 0.421. The lowest BCUT2D eigenvalue weighted by Gasteiger charge is -2.07. The zero-order chi connectivity index (χ0) is 19.5. The molecule has 2 aromatic heterocycles. The molecule has 1 amide bonds. The van der Waals surface area contributed by atoms with Gasteiger partial charge in [-0.25, -0.2) is 4.68 Å². The predicted molar refractivity (Wildman–Crippen MR) is 112 cm³/mol. The van der Waals surface area contributed by atoms with Gasteiger partial charge in [0.1, 0.15) is 5.01 Å². The van der Waals surface area contributed by atoms with Crippen molar-refractivity contribution in [3.63, 3.8) is 0 Å². The standard InChI is InChI=1S/C19H21BrN6OS/c1-2-3-4-5-15-22-24-19(28-15)21-18(27)16-17(12-6-7-12)26(25-23-16)14-10-8-13(20)9-11-14/h8-12H,2-7H2,1H3,(H,21,24,27). The normalized spacial score (nSPS) is 13.6. The Morgan fingerprint density at radius 2 is 2.00 bits per heavy atom. The smallest absolute Gasteiger partial charge is 0.279 e. The molecule has 1 saturated carbocycles. The van der Waals surface area contributed by atoms with E-state index in [4.69, 9.17) is 0 Å². The van der Waals surface area contributed by atoms with Gasteiger partial charge in [-0.3, -0.25) is 10.1 Å². The zero-order valence-electron chi connectivity index (χ0n) is 15.6. The van der Waals surface area contributed by atoms with Gasteiger partial charge < -0.3 is 0 Å². The molecule has 146 valence electrons. The summed E-state index contributed by atoms with van der Waals surface area (Å²) in [4.78, 5) is 12.8. The molecule has 1 aliphatic rings. The number of halogens is 1. The van der Waals surface area contributed by atoms with E-state index in [0.717, 1.165) is 46.5 Å². The van der Waals surface area contributed by atoms with E-state index < -0.39 is 0 Å². The number of hydrogen-bond acceptors (Lipinski definition) is 6. The lowest BCUT2D eigenvalue weighted by atomic mass is 10.2. The van der Waals surface area contributed by atoms with Crippen LogP contribution in [0.15, 0.2) is 28.7 Å². The van der Waals surface area contributed by atoms with Gasteiger partial charge in [-0.1, -0.05) is 52.2 Å². The fourth-order valence-corrected chi connectivity index (χ4v) is 4.08. The Morgan fingerprint density at radius 1 is 1.21 bits per heavy atom. The van der Waals surface area contributed by atoms with Gasteiger partial charge in [-0.2, -0.15) is 0 Å². The van der Waals surface area contributed by atoms with Crippen LogP contribution in [0.1, 0.15) is 66.1 Å². The maximum absolute atomic E-state index is 12.8. The number of carbonyl (C=O) groups is 1. The Balaban J connectivity index is 1.52. The Morgan fingerprint density at radius 3 is 2.71 bits per heavy atom. The van der Waals surface area contributed by atoms with Crippen molar-refractivity contribution in [2.45, 2.75) is 51.4 Å². The highest BCUT2D eigenvalue weighted by Crippen LogP contribution is 2.42. The zero-order valence-corrected chi connectivity index (χ0v) is 18.0. The molecule has 0 aliphatic heterocycles. The number of amides is 1. The van der Waals surface area contributed by atoms with Crippen LogP contribution in [0, 0.1) is 0 Å². The summed E-state index contributed by atoms with van der Waals surface area (Å²) in [6, 6.07) is 7.82. The molecule has 0 radical (unpaired) electrons. The molecule has 0 spiro atoms. The molecule has 4 rings (SSSR count). The van der Waals surface area contributed by atoms with Crippen molar-refractivity contribution < 1.29 is 4.79 Å². The number of aryl methyl sites for hydroxylation is 1. The van der Waals surface area contributed by atoms with E-state index in [1.165, 1.54) is 24.2 Å². The molecule has 3 aromatic rings. The van der Waals surface area contributed by atoms with Crippen LogP contribution < -0.4 is 5.32 Å². The van der Waals surface area contributed by atoms with Gasteiger partial charge >= 0.3 is 0 Å². The summed E-state index contributed by atoms with van der Waals surface area (Å²) in [7, 11) is 0. The monoisotopic (exact) mass is 460 g/mol. The number of anilines is 1. The minimum absolute atomic E-state index is 0.276. The van der Waals surface area contributed by atoms with E-state index in [1.807, 2.05) is 24.3 Å². The molecule has 1 aliphatic carbocycles. The molecule has 0 atom stereocenters. The molecule has 9 heteroatoms. The number of nitrogens with zero attached hydrogens (tertiary/aromatic N) is 5. The summed E-state index contributed by atoms with van der Waals surface area (Å²) < 4.78 is 2.77. The van der Waals surface area contributed by atoms with E-state index >= 15 is 0 Å². The second-order valence-electron chi connectivity index (χ2n) is 6.90. The van der Waals surface area contributed by atoms with Gasteiger partial charge in [0.2, 0.25) is 5.13 Å². The molecular weight excluding hydrogens is 440 g/mol. The number of nitrogens with one attached hydrogen (secondary N) is 1. The van der Waals surface area contributed by atoms with Crippen LogP contribution in [0.3, 0.4) is 0 Å². The van der Waals surface area contributed by atoms with Crippen molar-refractivity contribution in [2.24, 2.45) is 0 Å². The summed E-state index contributed by atoms with van der Waals surface area (Å²) in [5.41, 5.74) is 2.13. The summed E-state index contributed by atoms with van der Waals surface area (Å²) in [5.74, 6) is 0.0416. The molecule has 1 fully saturated rings. The van der Waals surface area contributed by atoms with Crippen molar-refractivity contribution in [1.82, 2.24) is 25.2 Å². The molecular formula is C19H21BrN6OS. The first-order chi connectivity index (χ1) is 13.7. The van der Waals surface area contributed by atoms with Gasteiger partial charge in [0, 0.05) is 16.8 Å². The van der Waals surface area contributed by atoms with E-state index in [9.17, 15) is 4.79 Å². The third-order valence-corrected chi connectivity index (χ3v) is 6.06. The summed E-state index contributed by atoms with van der Waals surface area (Å²) >= 11 is 4.87. The topological polar surface area (TPSA) is 85.6 Å². The van der Waals surface area contributed by atoms with Gasteiger partial charge in [0.15, 0.2) is 5.69 Å². The van der Waals surface area contributed by atoms with Gasteiger partial charge in [-0.05, 0) is 43.5 Å². The molecule has 7 nitrogen and oxygen atoms in total. The Bertz CT molecular complexity index is 963. The van der Waals surface area contributed by atoms with E-state index in [1.54, 1.807) is 4.68 Å². The molecule has 1 aromatic carbocycles. The van der Waals surface area contributed by atoms with Crippen LogP contribution in [-0.4, -0.2) is 31.1 Å². The van der Waals surface area contributed by atoms with E-state index in [-0.39, 0.29) is 5.91 Å². The highest BCUT2D eigenvalue weighted by atomic mass is 79.9. The summed E-state index contributed by atoms with van der Waals surface area (Å²) in [6.07, 6.45) is 6.42. The summed E-state index contributed by atoms with van der Waals surface area (Å²) in [5, 5.41) is 21.0. The van der Waals surface area contributed by atoms with Gasteiger partial charge in [-0.15, -0.1) is 15.3 Å². The van der Waals surface area contributed by atoms with E-state index in [2.05, 4.69) is 48.7 Å². The molecule has 0 bridgehead atoms. The largest absolute Gasteiger partial charge is 0.295 e. The number of rotatable bonds is 8. The lowest BCUT2D eigenvalue weighted by molar-refractivity contribution is 0.102. The first kappa shape index (κ1) is 19.2. The van der Waals surface area contributed by atoms with E-state index in [0.29, 0.717) is 16.7 Å². The minimum atomic E-state index is -0.276. The number of aromatic nitrogens is 5. The number of hydrogen-bond donors (Lipinski definition) is 1. The average Bonchev–Trinajstić information content (AvgIpc) is 3.27. The molecule has 0 unspecified atom stereocenters. The van der Waals surface area contributed by atoms with Crippen LogP contribution >= 0.6 is 27.3 Å². The highest BCUT2D eigenvalue weighted by Gasteiger charge is 2.34. The Hall–Kier alpha value is -2.13. The summed E-state index contributed by atoms with van der Waals surface area (Å²) in [6.45, 7) is 2.17. The second kappa shape index (κ2) is 8.48. The second-order valence-corrected chi connectivity index (χ2v) is 8.88. The fourth-order valence-electron chi connectivity index (χ4n) is 3.03. The number of unbranched alkanes of at least 4 members (excludes halogenated alkanes) is 2. The first-order valence-corrected chi connectivity index (χ1v) is 11.1. The van der Waals surface area contributed by atoms with Crippen LogP contribution in [0.4, 0.5) is 5.13 Å². The van der Waals surface area contributed by atoms with Crippen LogP contribution in [0.25, 0.3) is 5.69 Å². The SMILES string of the molecule is CCCCCc1nnc(NC(=O)c2nnn(-c3ccc(Br)cc3)c2C2CC2)s1. The maximum atomic E-state index is 12.8. The molecule has 2 heterocycles. The predicted octanol–water partition coefficient (Wildman–Crippen LogP) is 4.74. The number of carbonyl (C=O) groups excluding carboxylic acids is 1. The lowest BCUT2D eigenvalue weighted by Crippen LogP contribution is -2.15. The molecule has 0 saturated heterocycles. The third-order valence-electron chi connectivity index (χ3n) is 4.64. The maximum Gasteiger partial charge on any atom is 0.279 e. The number of benzene rings is 1. The average molecular weight is 461 g/mol. The van der Waals surface area contributed by atoms with Crippen molar-refractivity contribution in [3.05, 3.63) is 45.1 Å². The Kier molecular flexibility index (Phi) is 5.82. The molecule has 28 heavy (non-hydrogen) atoms. The van der Waals surface area contributed by atoms with Crippen molar-refractivity contribution in [3.8, 4) is 5.69 Å². The first-order valence-electron chi connectivity index (χ1n) is 9.51. The minimum Gasteiger partial charge on any atom is -0.295 e. The van der Waals surface area contributed by atoms with Crippen molar-refractivity contribution in [2.75, 3.05) is 5.32 Å². The van der Waals surface area contributed by atoms with Crippen molar-refractivity contribution >= 4 is 38.3 Å². The molecule has 1 N–H and O–H groups in total. The third kappa shape index (κ3) is 4.30.